The smallest absolute Gasteiger partial charge is 0.281 e. The molecule has 0 fully saturated rings. The number of amides is 1. The molecule has 2 aromatic carbocycles. The lowest BCUT2D eigenvalue weighted by Gasteiger charge is -2.34. The summed E-state index contributed by atoms with van der Waals surface area (Å²) >= 11 is 0. The quantitative estimate of drug-likeness (QED) is 0.853. The van der Waals surface area contributed by atoms with Gasteiger partial charge in [-0.25, -0.2) is 0 Å². The monoisotopic (exact) mass is 300 g/mol. The number of para-hydroxylation sites is 2. The van der Waals surface area contributed by atoms with E-state index in [0.717, 1.165) is 0 Å². The van der Waals surface area contributed by atoms with E-state index in [1.54, 1.807) is 36.4 Å². The maximum atomic E-state index is 12.3. The fourth-order valence-corrected chi connectivity index (χ4v) is 2.58. The molecule has 0 aromatic heterocycles. The van der Waals surface area contributed by atoms with Crippen LogP contribution in [-0.4, -0.2) is 30.4 Å². The lowest BCUT2D eigenvalue weighted by atomic mass is 10.0. The first-order valence-corrected chi connectivity index (χ1v) is 6.76. The Labute approximate surface area is 127 Å². The van der Waals surface area contributed by atoms with Gasteiger partial charge in [0.1, 0.15) is 0 Å². The third-order valence-electron chi connectivity index (χ3n) is 3.63. The second kappa shape index (κ2) is 5.57. The molecule has 1 heterocycles. The van der Waals surface area contributed by atoms with E-state index in [0.29, 0.717) is 33.4 Å². The fraction of sp³-hybridized carbons (Fsp3) is 0.188. The topological polar surface area (TPSA) is 71.0 Å². The van der Waals surface area contributed by atoms with Crippen molar-refractivity contribution in [2.75, 3.05) is 19.5 Å². The van der Waals surface area contributed by atoms with Gasteiger partial charge in [0.15, 0.2) is 17.7 Å². The van der Waals surface area contributed by atoms with E-state index in [1.807, 2.05) is 6.07 Å². The van der Waals surface area contributed by atoms with Crippen molar-refractivity contribution < 1.29 is 19.5 Å². The van der Waals surface area contributed by atoms with Crippen LogP contribution in [0.3, 0.4) is 0 Å². The van der Waals surface area contributed by atoms with E-state index in [4.69, 9.17) is 9.47 Å². The largest absolute Gasteiger partial charge is 0.493 e. The molecular formula is C16H16N2O4. The molecule has 1 amide bonds. The maximum absolute atomic E-state index is 12.3. The molecule has 3 rings (SSSR count). The van der Waals surface area contributed by atoms with Crippen molar-refractivity contribution in [1.29, 1.82) is 0 Å². The Hall–Kier alpha value is -2.73. The Morgan fingerprint density at radius 2 is 1.86 bits per heavy atom. The van der Waals surface area contributed by atoms with Crippen LogP contribution in [0.1, 0.15) is 22.1 Å². The van der Waals surface area contributed by atoms with Gasteiger partial charge < -0.3 is 14.8 Å². The summed E-state index contributed by atoms with van der Waals surface area (Å²) in [6.45, 7) is 0. The molecule has 0 unspecified atom stereocenters. The van der Waals surface area contributed by atoms with Crippen LogP contribution in [0.25, 0.3) is 0 Å². The molecule has 6 nitrogen and oxygen atoms in total. The van der Waals surface area contributed by atoms with Crippen molar-refractivity contribution >= 4 is 11.6 Å². The number of hydrogen-bond donors (Lipinski definition) is 2. The minimum absolute atomic E-state index is 0.420. The number of carbonyl (C=O) groups is 1. The van der Waals surface area contributed by atoms with Crippen LogP contribution in [0.4, 0.5) is 5.69 Å². The Morgan fingerprint density at radius 3 is 2.59 bits per heavy atom. The molecule has 1 atom stereocenters. The minimum atomic E-state index is -0.757. The highest BCUT2D eigenvalue weighted by atomic mass is 16.5. The van der Waals surface area contributed by atoms with Gasteiger partial charge in [0.2, 0.25) is 0 Å². The summed E-state index contributed by atoms with van der Waals surface area (Å²) in [5, 5.41) is 14.1. The van der Waals surface area contributed by atoms with Crippen LogP contribution in [0.5, 0.6) is 11.5 Å². The average molecular weight is 300 g/mol. The van der Waals surface area contributed by atoms with E-state index in [2.05, 4.69) is 5.32 Å². The molecule has 0 bridgehead atoms. The van der Waals surface area contributed by atoms with Crippen molar-refractivity contribution in [3.63, 3.8) is 0 Å². The lowest BCUT2D eigenvalue weighted by Crippen LogP contribution is -2.40. The van der Waals surface area contributed by atoms with E-state index < -0.39 is 12.1 Å². The number of hydroxylamine groups is 2. The van der Waals surface area contributed by atoms with Gasteiger partial charge in [0.05, 0.1) is 19.8 Å². The summed E-state index contributed by atoms with van der Waals surface area (Å²) in [5.41, 5.74) is 1.68. The first-order valence-electron chi connectivity index (χ1n) is 6.76. The molecule has 2 aromatic rings. The predicted octanol–water partition coefficient (Wildman–Crippen LogP) is 2.66. The van der Waals surface area contributed by atoms with Crippen LogP contribution >= 0.6 is 0 Å². The highest BCUT2D eigenvalue weighted by Gasteiger charge is 2.34. The molecule has 0 saturated heterocycles. The Balaban J connectivity index is 2.09. The van der Waals surface area contributed by atoms with Crippen molar-refractivity contribution in [2.45, 2.75) is 6.17 Å². The average Bonchev–Trinajstić information content (AvgIpc) is 2.57. The first-order chi connectivity index (χ1) is 10.7. The number of anilines is 1. The second-order valence-corrected chi connectivity index (χ2v) is 4.82. The van der Waals surface area contributed by atoms with Gasteiger partial charge >= 0.3 is 0 Å². The van der Waals surface area contributed by atoms with E-state index in [1.165, 1.54) is 14.2 Å². The number of nitrogens with one attached hydrogen (secondary N) is 1. The second-order valence-electron chi connectivity index (χ2n) is 4.82. The molecule has 1 aliphatic rings. The third-order valence-corrected chi connectivity index (χ3v) is 3.63. The fourth-order valence-electron chi connectivity index (χ4n) is 2.58. The SMILES string of the molecule is COc1cccc([C@@H]2Nc3ccccc3C(=O)N2O)c1OC. The van der Waals surface area contributed by atoms with Crippen molar-refractivity contribution in [2.24, 2.45) is 0 Å². The molecule has 6 heteroatoms. The van der Waals surface area contributed by atoms with Gasteiger partial charge in [-0.3, -0.25) is 10.0 Å². The predicted molar refractivity (Wildman–Crippen MR) is 80.3 cm³/mol. The Kier molecular flexibility index (Phi) is 3.60. The molecule has 0 saturated carbocycles. The zero-order valence-corrected chi connectivity index (χ0v) is 12.2. The molecule has 22 heavy (non-hydrogen) atoms. The van der Waals surface area contributed by atoms with Gasteiger partial charge in [0, 0.05) is 11.3 Å². The number of ether oxygens (including phenoxy) is 2. The minimum Gasteiger partial charge on any atom is -0.493 e. The van der Waals surface area contributed by atoms with E-state index in [-0.39, 0.29) is 0 Å². The van der Waals surface area contributed by atoms with Gasteiger partial charge in [0.25, 0.3) is 5.91 Å². The van der Waals surface area contributed by atoms with Crippen LogP contribution in [-0.2, 0) is 0 Å². The van der Waals surface area contributed by atoms with Gasteiger partial charge in [-0.2, -0.15) is 5.06 Å². The Morgan fingerprint density at radius 1 is 1.09 bits per heavy atom. The summed E-state index contributed by atoms with van der Waals surface area (Å²) in [6, 6.07) is 12.3. The van der Waals surface area contributed by atoms with Crippen molar-refractivity contribution in [1.82, 2.24) is 5.06 Å². The summed E-state index contributed by atoms with van der Waals surface area (Å²) in [7, 11) is 3.05. The number of nitrogens with zero attached hydrogens (tertiary/aromatic N) is 1. The molecule has 0 aliphatic carbocycles. The molecule has 1 aliphatic heterocycles. The van der Waals surface area contributed by atoms with Crippen LogP contribution in [0.2, 0.25) is 0 Å². The number of methoxy groups -OCH3 is 2. The van der Waals surface area contributed by atoms with Crippen LogP contribution in [0.15, 0.2) is 42.5 Å². The first kappa shape index (κ1) is 14.2. The summed E-state index contributed by atoms with van der Waals surface area (Å²) in [5.74, 6) is 0.527. The van der Waals surface area contributed by atoms with Gasteiger partial charge in [-0.15, -0.1) is 0 Å². The lowest BCUT2D eigenvalue weighted by molar-refractivity contribution is -0.0855. The molecule has 114 valence electrons. The highest BCUT2D eigenvalue weighted by molar-refractivity contribution is 6.01. The zero-order chi connectivity index (χ0) is 15.7. The number of fused-ring (bicyclic) bond motifs is 1. The summed E-state index contributed by atoms with van der Waals surface area (Å²) in [6.07, 6.45) is -0.757. The highest BCUT2D eigenvalue weighted by Crippen LogP contribution is 2.39. The van der Waals surface area contributed by atoms with Gasteiger partial charge in [-0.1, -0.05) is 24.3 Å². The van der Waals surface area contributed by atoms with E-state index in [9.17, 15) is 10.0 Å². The molecule has 0 spiro atoms. The van der Waals surface area contributed by atoms with Crippen LogP contribution < -0.4 is 14.8 Å². The Bertz CT molecular complexity index is 717. The van der Waals surface area contributed by atoms with Crippen molar-refractivity contribution in [3.05, 3.63) is 53.6 Å². The van der Waals surface area contributed by atoms with Crippen LogP contribution in [0, 0.1) is 0 Å². The molecule has 2 N–H and O–H groups in total. The van der Waals surface area contributed by atoms with Gasteiger partial charge in [-0.05, 0) is 18.2 Å². The van der Waals surface area contributed by atoms with Crippen molar-refractivity contribution in [3.8, 4) is 11.5 Å². The number of benzene rings is 2. The number of hydrogen-bond acceptors (Lipinski definition) is 5. The standard InChI is InChI=1S/C16H16N2O4/c1-21-13-9-5-7-11(14(13)22-2)15-17-12-8-4-3-6-10(12)16(19)18(15)20/h3-9,15,17,20H,1-2H3/t15-/m1/s1. The molecular weight excluding hydrogens is 284 g/mol. The summed E-state index contributed by atoms with van der Waals surface area (Å²) < 4.78 is 10.6. The summed E-state index contributed by atoms with van der Waals surface area (Å²) in [4.78, 5) is 12.3. The number of carbonyl (C=O) groups excluding carboxylic acids is 1. The zero-order valence-electron chi connectivity index (χ0n) is 12.2. The maximum Gasteiger partial charge on any atom is 0.281 e. The third kappa shape index (κ3) is 2.14. The normalized spacial score (nSPS) is 16.8. The number of rotatable bonds is 3. The molecule has 0 radical (unpaired) electrons. The van der Waals surface area contributed by atoms with E-state index >= 15 is 0 Å².